The van der Waals surface area contributed by atoms with Crippen molar-refractivity contribution in [3.05, 3.63) is 59.2 Å². The van der Waals surface area contributed by atoms with E-state index in [1.807, 2.05) is 30.3 Å². The zero-order valence-electron chi connectivity index (χ0n) is 14.0. The fraction of sp³-hybridized carbons (Fsp3) is 0.350. The van der Waals surface area contributed by atoms with E-state index in [2.05, 4.69) is 17.4 Å². The van der Waals surface area contributed by atoms with Crippen LogP contribution in [0.4, 0.5) is 0 Å². The molecule has 2 aromatic rings. The fourth-order valence-electron chi connectivity index (χ4n) is 3.08. The second kappa shape index (κ2) is 7.86. The van der Waals surface area contributed by atoms with Crippen molar-refractivity contribution in [2.75, 3.05) is 20.3 Å². The predicted octanol–water partition coefficient (Wildman–Crippen LogP) is 2.92. The van der Waals surface area contributed by atoms with Gasteiger partial charge in [0.2, 0.25) is 0 Å². The summed E-state index contributed by atoms with van der Waals surface area (Å²) in [6, 6.07) is 14.0. The summed E-state index contributed by atoms with van der Waals surface area (Å²) >= 11 is 0. The molecule has 0 saturated carbocycles. The number of benzene rings is 2. The van der Waals surface area contributed by atoms with Gasteiger partial charge in [0.1, 0.15) is 11.5 Å². The van der Waals surface area contributed by atoms with Crippen LogP contribution in [0.2, 0.25) is 0 Å². The Labute approximate surface area is 142 Å². The summed E-state index contributed by atoms with van der Waals surface area (Å²) in [5.74, 6) is 1.52. The van der Waals surface area contributed by atoms with Crippen molar-refractivity contribution in [1.82, 2.24) is 5.32 Å². The molecule has 4 heteroatoms. The largest absolute Gasteiger partial charge is 0.496 e. The van der Waals surface area contributed by atoms with E-state index >= 15 is 0 Å². The fourth-order valence-corrected chi connectivity index (χ4v) is 3.08. The number of methoxy groups -OCH3 is 1. The second-order valence-electron chi connectivity index (χ2n) is 5.98. The van der Waals surface area contributed by atoms with Gasteiger partial charge in [0.15, 0.2) is 6.61 Å². The van der Waals surface area contributed by atoms with Gasteiger partial charge in [-0.15, -0.1) is 0 Å². The molecular weight excluding hydrogens is 302 g/mol. The van der Waals surface area contributed by atoms with Gasteiger partial charge in [-0.2, -0.15) is 0 Å². The topological polar surface area (TPSA) is 47.6 Å². The first-order valence-electron chi connectivity index (χ1n) is 8.39. The van der Waals surface area contributed by atoms with Crippen LogP contribution in [0.5, 0.6) is 11.5 Å². The molecule has 0 atom stereocenters. The minimum Gasteiger partial charge on any atom is -0.496 e. The molecule has 24 heavy (non-hydrogen) atoms. The van der Waals surface area contributed by atoms with Crippen molar-refractivity contribution in [3.63, 3.8) is 0 Å². The zero-order valence-corrected chi connectivity index (χ0v) is 14.0. The van der Waals surface area contributed by atoms with Crippen molar-refractivity contribution in [1.29, 1.82) is 0 Å². The van der Waals surface area contributed by atoms with E-state index in [4.69, 9.17) is 9.47 Å². The lowest BCUT2D eigenvalue weighted by molar-refractivity contribution is -0.123. The third-order valence-electron chi connectivity index (χ3n) is 4.35. The number of carbonyl (C=O) groups is 1. The lowest BCUT2D eigenvalue weighted by atomic mass is 10.1. The number of fused-ring (bicyclic) bond motifs is 1. The summed E-state index contributed by atoms with van der Waals surface area (Å²) in [6.07, 6.45) is 4.20. The van der Waals surface area contributed by atoms with E-state index in [0.717, 1.165) is 36.3 Å². The number of nitrogens with one attached hydrogen (secondary N) is 1. The van der Waals surface area contributed by atoms with E-state index in [-0.39, 0.29) is 12.5 Å². The molecule has 126 valence electrons. The predicted molar refractivity (Wildman–Crippen MR) is 93.7 cm³/mol. The van der Waals surface area contributed by atoms with Gasteiger partial charge in [0.25, 0.3) is 5.91 Å². The molecule has 1 amide bonds. The minimum atomic E-state index is -0.106. The molecule has 0 aliphatic heterocycles. The Kier molecular flexibility index (Phi) is 5.36. The lowest BCUT2D eigenvalue weighted by Crippen LogP contribution is -2.30. The number of hydrogen-bond acceptors (Lipinski definition) is 3. The van der Waals surface area contributed by atoms with E-state index in [0.29, 0.717) is 6.54 Å². The molecular formula is C20H23NO3. The minimum absolute atomic E-state index is 0.0463. The molecule has 0 heterocycles. The maximum atomic E-state index is 11.9. The van der Waals surface area contributed by atoms with Crippen LogP contribution in [-0.2, 0) is 24.1 Å². The molecule has 0 saturated heterocycles. The number of para-hydroxylation sites is 1. The molecule has 0 fully saturated rings. The van der Waals surface area contributed by atoms with Gasteiger partial charge >= 0.3 is 0 Å². The molecule has 0 unspecified atom stereocenters. The summed E-state index contributed by atoms with van der Waals surface area (Å²) in [4.78, 5) is 11.9. The van der Waals surface area contributed by atoms with Gasteiger partial charge in [-0.05, 0) is 60.6 Å². The Bertz CT molecular complexity index is 712. The Morgan fingerprint density at radius 3 is 2.83 bits per heavy atom. The molecule has 0 spiro atoms. The lowest BCUT2D eigenvalue weighted by Gasteiger charge is -2.10. The third kappa shape index (κ3) is 4.07. The van der Waals surface area contributed by atoms with Crippen LogP contribution in [0.3, 0.4) is 0 Å². The molecule has 3 rings (SSSR count). The van der Waals surface area contributed by atoms with Crippen molar-refractivity contribution >= 4 is 5.91 Å². The summed E-state index contributed by atoms with van der Waals surface area (Å²) in [7, 11) is 1.65. The first-order valence-corrected chi connectivity index (χ1v) is 8.39. The van der Waals surface area contributed by atoms with Crippen molar-refractivity contribution < 1.29 is 14.3 Å². The number of amides is 1. The van der Waals surface area contributed by atoms with Gasteiger partial charge in [-0.3, -0.25) is 4.79 Å². The second-order valence-corrected chi connectivity index (χ2v) is 5.98. The number of rotatable bonds is 7. The standard InChI is InChI=1S/C20H23NO3/c1-23-19-8-3-2-5-16(19)11-12-21-20(22)14-24-18-10-9-15-6-4-7-17(15)13-18/h2-3,5,8-10,13H,4,6-7,11-12,14H2,1H3,(H,21,22). The van der Waals surface area contributed by atoms with Gasteiger partial charge in [0.05, 0.1) is 7.11 Å². The van der Waals surface area contributed by atoms with Gasteiger partial charge in [-0.25, -0.2) is 0 Å². The molecule has 1 aliphatic rings. The van der Waals surface area contributed by atoms with E-state index < -0.39 is 0 Å². The maximum Gasteiger partial charge on any atom is 0.257 e. The average molecular weight is 325 g/mol. The van der Waals surface area contributed by atoms with E-state index in [9.17, 15) is 4.79 Å². The summed E-state index contributed by atoms with van der Waals surface area (Å²) in [5.41, 5.74) is 3.84. The number of aryl methyl sites for hydroxylation is 2. The smallest absolute Gasteiger partial charge is 0.257 e. The van der Waals surface area contributed by atoms with Crippen molar-refractivity contribution in [2.45, 2.75) is 25.7 Å². The van der Waals surface area contributed by atoms with Gasteiger partial charge in [0, 0.05) is 6.54 Å². The summed E-state index contributed by atoms with van der Waals surface area (Å²) in [5, 5.41) is 2.89. The van der Waals surface area contributed by atoms with Crippen molar-refractivity contribution in [3.8, 4) is 11.5 Å². The SMILES string of the molecule is COc1ccccc1CCNC(=O)COc1ccc2c(c1)CCC2. The average Bonchev–Trinajstić information content (AvgIpc) is 3.08. The van der Waals surface area contributed by atoms with E-state index in [1.165, 1.54) is 17.5 Å². The first-order chi connectivity index (χ1) is 11.8. The molecule has 0 bridgehead atoms. The molecule has 1 aliphatic carbocycles. The van der Waals surface area contributed by atoms with Crippen LogP contribution < -0.4 is 14.8 Å². The highest BCUT2D eigenvalue weighted by Gasteiger charge is 2.12. The molecule has 2 aromatic carbocycles. The van der Waals surface area contributed by atoms with Crippen LogP contribution in [0.1, 0.15) is 23.1 Å². The highest BCUT2D eigenvalue weighted by molar-refractivity contribution is 5.77. The normalized spacial score (nSPS) is 12.5. The first kappa shape index (κ1) is 16.4. The third-order valence-corrected chi connectivity index (χ3v) is 4.35. The Hall–Kier alpha value is -2.49. The van der Waals surface area contributed by atoms with Crippen LogP contribution in [0.15, 0.2) is 42.5 Å². The quantitative estimate of drug-likeness (QED) is 0.851. The van der Waals surface area contributed by atoms with Crippen LogP contribution in [0, 0.1) is 0 Å². The Morgan fingerprint density at radius 2 is 1.96 bits per heavy atom. The number of ether oxygens (including phenoxy) is 2. The summed E-state index contributed by atoms with van der Waals surface area (Å²) in [6.45, 7) is 0.609. The highest BCUT2D eigenvalue weighted by Crippen LogP contribution is 2.25. The molecule has 1 N–H and O–H groups in total. The van der Waals surface area contributed by atoms with Gasteiger partial charge < -0.3 is 14.8 Å². The Balaban J connectivity index is 1.43. The highest BCUT2D eigenvalue weighted by atomic mass is 16.5. The van der Waals surface area contributed by atoms with Crippen LogP contribution >= 0.6 is 0 Å². The van der Waals surface area contributed by atoms with Crippen molar-refractivity contribution in [2.24, 2.45) is 0 Å². The van der Waals surface area contributed by atoms with Crippen LogP contribution in [-0.4, -0.2) is 26.2 Å². The summed E-state index contributed by atoms with van der Waals surface area (Å²) < 4.78 is 10.9. The number of carbonyl (C=O) groups excluding carboxylic acids is 1. The maximum absolute atomic E-state index is 11.9. The molecule has 0 radical (unpaired) electrons. The number of hydrogen-bond donors (Lipinski definition) is 1. The molecule has 0 aromatic heterocycles. The monoisotopic (exact) mass is 325 g/mol. The van der Waals surface area contributed by atoms with E-state index in [1.54, 1.807) is 7.11 Å². The van der Waals surface area contributed by atoms with Gasteiger partial charge in [-0.1, -0.05) is 24.3 Å². The molecule has 4 nitrogen and oxygen atoms in total. The zero-order chi connectivity index (χ0) is 16.8. The van der Waals surface area contributed by atoms with Crippen LogP contribution in [0.25, 0.3) is 0 Å². The Morgan fingerprint density at radius 1 is 1.12 bits per heavy atom.